The Hall–Kier alpha value is -3.56. The highest BCUT2D eigenvalue weighted by Crippen LogP contribution is 2.67. The van der Waals surface area contributed by atoms with Crippen molar-refractivity contribution in [2.75, 3.05) is 0 Å². The van der Waals surface area contributed by atoms with E-state index in [9.17, 15) is 0 Å². The van der Waals surface area contributed by atoms with Gasteiger partial charge in [-0.3, -0.25) is 0 Å². The predicted molar refractivity (Wildman–Crippen MR) is 156 cm³/mol. The quantitative estimate of drug-likeness (QED) is 0.238. The molecule has 0 spiro atoms. The molecule has 0 saturated heterocycles. The molecule has 2 aromatic heterocycles. The van der Waals surface area contributed by atoms with E-state index in [2.05, 4.69) is 106 Å². The van der Waals surface area contributed by atoms with Crippen LogP contribution in [-0.4, -0.2) is 9.97 Å². The molecule has 0 amide bonds. The molecule has 6 aromatic rings. The molecule has 2 heterocycles. The summed E-state index contributed by atoms with van der Waals surface area (Å²) < 4.78 is 0. The minimum absolute atomic E-state index is 0.0832. The van der Waals surface area contributed by atoms with Crippen molar-refractivity contribution in [1.82, 2.24) is 9.97 Å². The van der Waals surface area contributed by atoms with Crippen LogP contribution >= 0.6 is 11.3 Å². The molecule has 0 N–H and O–H groups in total. The normalized spacial score (nSPS) is 21.8. The molecule has 3 heteroatoms. The van der Waals surface area contributed by atoms with Gasteiger partial charge in [0.1, 0.15) is 11.0 Å². The third-order valence-electron chi connectivity index (χ3n) is 9.66. The van der Waals surface area contributed by atoms with Crippen LogP contribution in [0.2, 0.25) is 0 Å². The molecular weight excluding hydrogens is 468 g/mol. The molecule has 4 aromatic carbocycles. The van der Waals surface area contributed by atoms with E-state index in [1.807, 2.05) is 11.3 Å². The smallest absolute Gasteiger partial charge is 0.108 e. The van der Waals surface area contributed by atoms with Crippen molar-refractivity contribution >= 4 is 43.9 Å². The first-order valence-corrected chi connectivity index (χ1v) is 14.1. The summed E-state index contributed by atoms with van der Waals surface area (Å²) in [6, 6.07) is 30.8. The van der Waals surface area contributed by atoms with E-state index in [4.69, 9.17) is 9.97 Å². The summed E-state index contributed by atoms with van der Waals surface area (Å²) in [5.74, 6) is 0.484. The van der Waals surface area contributed by atoms with Crippen molar-refractivity contribution in [2.45, 2.75) is 44.9 Å². The SMILES string of the molecule is CC12CCC(c3nc4c(-c5ccc6ccccc6c5)sc(-c5ccc6ccccc6c5)c4nc31)C2(C)C. The van der Waals surface area contributed by atoms with Gasteiger partial charge in [-0.05, 0) is 63.1 Å². The van der Waals surface area contributed by atoms with Gasteiger partial charge in [-0.25, -0.2) is 9.97 Å². The summed E-state index contributed by atoms with van der Waals surface area (Å²) in [6.07, 6.45) is 2.41. The van der Waals surface area contributed by atoms with Gasteiger partial charge in [-0.2, -0.15) is 0 Å². The minimum atomic E-state index is 0.0832. The number of thiophene rings is 1. The van der Waals surface area contributed by atoms with Gasteiger partial charge >= 0.3 is 0 Å². The highest BCUT2D eigenvalue weighted by molar-refractivity contribution is 7.20. The summed E-state index contributed by atoms with van der Waals surface area (Å²) in [7, 11) is 0. The third kappa shape index (κ3) is 2.81. The highest BCUT2D eigenvalue weighted by atomic mass is 32.1. The lowest BCUT2D eigenvalue weighted by Gasteiger charge is -2.34. The van der Waals surface area contributed by atoms with Gasteiger partial charge in [-0.1, -0.05) is 93.6 Å². The van der Waals surface area contributed by atoms with Gasteiger partial charge < -0.3 is 0 Å². The van der Waals surface area contributed by atoms with Crippen LogP contribution in [0.1, 0.15) is 50.9 Å². The number of nitrogens with zero attached hydrogens (tertiary/aromatic N) is 2. The van der Waals surface area contributed by atoms with Crippen molar-refractivity contribution in [3.05, 3.63) is 96.3 Å². The fourth-order valence-electron chi connectivity index (χ4n) is 7.07. The Bertz CT molecular complexity index is 1900. The van der Waals surface area contributed by atoms with E-state index < -0.39 is 0 Å². The number of benzene rings is 4. The van der Waals surface area contributed by atoms with Crippen LogP contribution in [0, 0.1) is 5.41 Å². The van der Waals surface area contributed by atoms with Crippen molar-refractivity contribution < 1.29 is 0 Å². The molecular formula is C34H28N2S. The number of fused-ring (bicyclic) bond motifs is 8. The summed E-state index contributed by atoms with van der Waals surface area (Å²) in [4.78, 5) is 13.5. The highest BCUT2D eigenvalue weighted by Gasteiger charge is 2.61. The molecule has 2 atom stereocenters. The van der Waals surface area contributed by atoms with E-state index in [1.54, 1.807) is 0 Å². The first kappa shape index (κ1) is 21.5. The molecule has 8 rings (SSSR count). The van der Waals surface area contributed by atoms with E-state index >= 15 is 0 Å². The van der Waals surface area contributed by atoms with Gasteiger partial charge in [0.15, 0.2) is 0 Å². The maximum Gasteiger partial charge on any atom is 0.108 e. The second-order valence-corrected chi connectivity index (χ2v) is 12.7. The van der Waals surface area contributed by atoms with Crippen LogP contribution < -0.4 is 0 Å². The Morgan fingerprint density at radius 2 is 1.22 bits per heavy atom. The molecule has 180 valence electrons. The average Bonchev–Trinajstić information content (AvgIpc) is 3.46. The number of aromatic nitrogens is 2. The first-order valence-electron chi connectivity index (χ1n) is 13.3. The predicted octanol–water partition coefficient (Wildman–Crippen LogP) is 9.51. The minimum Gasteiger partial charge on any atom is -0.247 e. The second kappa shape index (κ2) is 7.26. The molecule has 1 fully saturated rings. The van der Waals surface area contributed by atoms with Gasteiger partial charge in [0, 0.05) is 11.3 Å². The Labute approximate surface area is 221 Å². The van der Waals surface area contributed by atoms with Crippen LogP contribution in [0.15, 0.2) is 84.9 Å². The van der Waals surface area contributed by atoms with Gasteiger partial charge in [0.25, 0.3) is 0 Å². The maximum absolute atomic E-state index is 5.52. The first-order chi connectivity index (χ1) is 17.9. The Morgan fingerprint density at radius 3 is 1.81 bits per heavy atom. The Kier molecular flexibility index (Phi) is 4.22. The fourth-order valence-corrected chi connectivity index (χ4v) is 8.24. The lowest BCUT2D eigenvalue weighted by atomic mass is 9.70. The average molecular weight is 497 g/mol. The van der Waals surface area contributed by atoms with E-state index in [0.717, 1.165) is 11.0 Å². The zero-order valence-electron chi connectivity index (χ0n) is 21.4. The topological polar surface area (TPSA) is 25.8 Å². The molecule has 1 saturated carbocycles. The van der Waals surface area contributed by atoms with E-state index in [0.29, 0.717) is 5.92 Å². The molecule has 0 radical (unpaired) electrons. The lowest BCUT2D eigenvalue weighted by Crippen LogP contribution is -2.31. The van der Waals surface area contributed by atoms with Crippen molar-refractivity contribution in [2.24, 2.45) is 5.41 Å². The maximum atomic E-state index is 5.52. The molecule has 0 aliphatic heterocycles. The Morgan fingerprint density at radius 1 is 0.676 bits per heavy atom. The number of hydrogen-bond donors (Lipinski definition) is 0. The summed E-state index contributed by atoms with van der Waals surface area (Å²) in [5, 5.41) is 5.05. The van der Waals surface area contributed by atoms with Gasteiger partial charge in [0.2, 0.25) is 0 Å². The van der Waals surface area contributed by atoms with Gasteiger partial charge in [-0.15, -0.1) is 11.3 Å². The van der Waals surface area contributed by atoms with E-state index in [1.165, 1.54) is 66.7 Å². The number of rotatable bonds is 2. The van der Waals surface area contributed by atoms with Crippen molar-refractivity contribution in [3.8, 4) is 20.9 Å². The monoisotopic (exact) mass is 496 g/mol. The van der Waals surface area contributed by atoms with Crippen molar-refractivity contribution in [1.29, 1.82) is 0 Å². The molecule has 37 heavy (non-hydrogen) atoms. The number of hydrogen-bond acceptors (Lipinski definition) is 3. The van der Waals surface area contributed by atoms with Crippen LogP contribution in [0.4, 0.5) is 0 Å². The molecule has 2 aliphatic rings. The molecule has 2 unspecified atom stereocenters. The summed E-state index contributed by atoms with van der Waals surface area (Å²) >= 11 is 1.84. The molecule has 2 bridgehead atoms. The van der Waals surface area contributed by atoms with Crippen molar-refractivity contribution in [3.63, 3.8) is 0 Å². The Balaban J connectivity index is 1.43. The third-order valence-corrected chi connectivity index (χ3v) is 10.9. The molecule has 2 nitrogen and oxygen atoms in total. The zero-order valence-corrected chi connectivity index (χ0v) is 22.2. The summed E-state index contributed by atoms with van der Waals surface area (Å²) in [5.41, 5.74) is 7.33. The zero-order chi connectivity index (χ0) is 24.9. The van der Waals surface area contributed by atoms with E-state index in [-0.39, 0.29) is 10.8 Å². The molecule has 2 aliphatic carbocycles. The summed E-state index contributed by atoms with van der Waals surface area (Å²) in [6.45, 7) is 7.28. The largest absolute Gasteiger partial charge is 0.247 e. The van der Waals surface area contributed by atoms with Crippen LogP contribution in [-0.2, 0) is 5.41 Å². The van der Waals surface area contributed by atoms with Gasteiger partial charge in [0.05, 0.1) is 21.1 Å². The fraction of sp³-hybridized carbons (Fsp3) is 0.235. The lowest BCUT2D eigenvalue weighted by molar-refractivity contribution is 0.227. The second-order valence-electron chi connectivity index (χ2n) is 11.7. The van der Waals surface area contributed by atoms with Crippen LogP contribution in [0.25, 0.3) is 53.5 Å². The van der Waals surface area contributed by atoms with Crippen LogP contribution in [0.3, 0.4) is 0 Å². The standard InChI is InChI=1S/C34H28N2S/c1-33(2)26-16-17-34(33,3)32-27(26)35-28-29(36-32)31(25-15-13-21-9-5-7-11-23(21)19-25)37-30(28)24-14-12-20-8-4-6-10-22(20)18-24/h4-15,18-19,26H,16-17H2,1-3H3. The van der Waals surface area contributed by atoms with Crippen LogP contribution in [0.5, 0.6) is 0 Å².